The molecule has 0 spiro atoms. The Kier molecular flexibility index (Phi) is 4.32. The molecule has 0 fully saturated rings. The minimum absolute atomic E-state index is 0.314. The number of carbonyl (C=O) groups is 2. The molecule has 4 nitrogen and oxygen atoms in total. The number of carboxylic acids is 1. The van der Waals surface area contributed by atoms with Crippen molar-refractivity contribution in [1.82, 2.24) is 5.32 Å². The lowest BCUT2D eigenvalue weighted by atomic mass is 9.98. The van der Waals surface area contributed by atoms with E-state index in [4.69, 9.17) is 0 Å². The van der Waals surface area contributed by atoms with E-state index in [1.54, 1.807) is 19.1 Å². The lowest BCUT2D eigenvalue weighted by Crippen LogP contribution is -2.51. The number of hydrogen-bond donors (Lipinski definition) is 2. The zero-order valence-corrected chi connectivity index (χ0v) is 13.4. The van der Waals surface area contributed by atoms with Gasteiger partial charge in [-0.25, -0.2) is 4.79 Å². The summed E-state index contributed by atoms with van der Waals surface area (Å²) in [5.41, 5.74) is -0.808. The Hall–Kier alpha value is -1.88. The van der Waals surface area contributed by atoms with Crippen LogP contribution in [0.2, 0.25) is 0 Å². The molecule has 2 aromatic rings. The minimum Gasteiger partial charge on any atom is -0.480 e. The molecule has 0 saturated heterocycles. The van der Waals surface area contributed by atoms with Crippen molar-refractivity contribution in [2.45, 2.75) is 25.8 Å². The maximum absolute atomic E-state index is 12.3. The Morgan fingerprint density at radius 1 is 1.19 bits per heavy atom. The number of carbonyl (C=O) groups excluding carboxylic acids is 1. The lowest BCUT2D eigenvalue weighted by Gasteiger charge is -2.24. The van der Waals surface area contributed by atoms with Gasteiger partial charge in [0.2, 0.25) is 0 Å². The summed E-state index contributed by atoms with van der Waals surface area (Å²) in [6, 6.07) is 11.1. The quantitative estimate of drug-likeness (QED) is 0.886. The van der Waals surface area contributed by atoms with Crippen molar-refractivity contribution in [3.8, 4) is 0 Å². The van der Waals surface area contributed by atoms with Gasteiger partial charge < -0.3 is 10.4 Å². The molecule has 5 heteroatoms. The number of amides is 1. The van der Waals surface area contributed by atoms with Gasteiger partial charge >= 0.3 is 5.97 Å². The molecule has 0 bridgehead atoms. The van der Waals surface area contributed by atoms with Crippen molar-refractivity contribution in [3.63, 3.8) is 0 Å². The minimum atomic E-state index is -1.26. The first-order valence-corrected chi connectivity index (χ1v) is 7.40. The number of fused-ring (bicyclic) bond motifs is 1. The van der Waals surface area contributed by atoms with Gasteiger partial charge in [0.1, 0.15) is 5.54 Å². The third-order valence-corrected chi connectivity index (χ3v) is 4.13. The molecule has 2 N–H and O–H groups in total. The smallest absolute Gasteiger partial charge is 0.329 e. The Labute approximate surface area is 131 Å². The van der Waals surface area contributed by atoms with Crippen LogP contribution >= 0.6 is 15.9 Å². The molecule has 1 amide bonds. The summed E-state index contributed by atoms with van der Waals surface area (Å²) in [5, 5.41) is 13.7. The van der Waals surface area contributed by atoms with Crippen LogP contribution in [0, 0.1) is 0 Å². The molecule has 0 aliphatic heterocycles. The van der Waals surface area contributed by atoms with E-state index in [9.17, 15) is 14.7 Å². The van der Waals surface area contributed by atoms with E-state index >= 15 is 0 Å². The topological polar surface area (TPSA) is 66.4 Å². The molecule has 1 atom stereocenters. The zero-order chi connectivity index (χ0) is 15.6. The average Bonchev–Trinajstić information content (AvgIpc) is 2.46. The molecule has 0 saturated carbocycles. The third kappa shape index (κ3) is 3.24. The molecule has 0 aliphatic rings. The number of carboxylic acid groups (broad SMARTS) is 1. The van der Waals surface area contributed by atoms with E-state index in [2.05, 4.69) is 21.2 Å². The Morgan fingerprint density at radius 3 is 2.43 bits per heavy atom. The molecule has 0 radical (unpaired) electrons. The summed E-state index contributed by atoms with van der Waals surface area (Å²) >= 11 is 3.40. The molecule has 2 aromatic carbocycles. The van der Waals surface area contributed by atoms with Gasteiger partial charge in [-0.2, -0.15) is 0 Å². The zero-order valence-electron chi connectivity index (χ0n) is 11.8. The Bertz CT molecular complexity index is 714. The van der Waals surface area contributed by atoms with Gasteiger partial charge in [-0.05, 0) is 48.4 Å². The SMILES string of the molecule is CCC(C)(NC(=O)c1ccc2cc(Br)ccc2c1)C(=O)O. The normalized spacial score (nSPS) is 13.7. The first-order chi connectivity index (χ1) is 9.85. The van der Waals surface area contributed by atoms with Crippen LogP contribution in [-0.4, -0.2) is 22.5 Å². The van der Waals surface area contributed by atoms with Gasteiger partial charge in [-0.1, -0.05) is 35.0 Å². The molecule has 2 rings (SSSR count). The first kappa shape index (κ1) is 15.5. The largest absolute Gasteiger partial charge is 0.480 e. The Balaban J connectivity index is 2.31. The van der Waals surface area contributed by atoms with E-state index in [0.29, 0.717) is 12.0 Å². The highest BCUT2D eigenvalue weighted by atomic mass is 79.9. The van der Waals surface area contributed by atoms with E-state index in [1.165, 1.54) is 6.92 Å². The van der Waals surface area contributed by atoms with Crippen LogP contribution in [0.15, 0.2) is 40.9 Å². The fourth-order valence-corrected chi connectivity index (χ4v) is 2.35. The summed E-state index contributed by atoms with van der Waals surface area (Å²) < 4.78 is 0.969. The number of rotatable bonds is 4. The van der Waals surface area contributed by atoms with E-state index in [0.717, 1.165) is 15.2 Å². The van der Waals surface area contributed by atoms with Gasteiger partial charge in [0.05, 0.1) is 0 Å². The van der Waals surface area contributed by atoms with Crippen molar-refractivity contribution in [1.29, 1.82) is 0 Å². The van der Waals surface area contributed by atoms with Crippen LogP contribution in [0.1, 0.15) is 30.6 Å². The van der Waals surface area contributed by atoms with Gasteiger partial charge in [0.15, 0.2) is 0 Å². The fraction of sp³-hybridized carbons (Fsp3) is 0.250. The highest BCUT2D eigenvalue weighted by Crippen LogP contribution is 2.21. The predicted octanol–water partition coefficient (Wildman–Crippen LogP) is 3.59. The van der Waals surface area contributed by atoms with Gasteiger partial charge in [-0.3, -0.25) is 4.79 Å². The van der Waals surface area contributed by atoms with Crippen LogP contribution in [0.5, 0.6) is 0 Å². The molecular weight excluding hydrogens is 334 g/mol. The van der Waals surface area contributed by atoms with Crippen molar-refractivity contribution in [2.24, 2.45) is 0 Å². The number of aliphatic carboxylic acids is 1. The van der Waals surface area contributed by atoms with Crippen LogP contribution in [-0.2, 0) is 4.79 Å². The number of halogens is 1. The van der Waals surface area contributed by atoms with Crippen molar-refractivity contribution >= 4 is 38.6 Å². The molecule has 21 heavy (non-hydrogen) atoms. The van der Waals surface area contributed by atoms with Crippen molar-refractivity contribution in [3.05, 3.63) is 46.4 Å². The summed E-state index contributed by atoms with van der Waals surface area (Å²) in [6.07, 6.45) is 0.314. The molecule has 110 valence electrons. The third-order valence-electron chi connectivity index (χ3n) is 3.63. The first-order valence-electron chi connectivity index (χ1n) is 6.61. The number of hydrogen-bond acceptors (Lipinski definition) is 2. The van der Waals surface area contributed by atoms with Crippen LogP contribution in [0.25, 0.3) is 10.8 Å². The second-order valence-corrected chi connectivity index (χ2v) is 6.07. The molecule has 1 unspecified atom stereocenters. The van der Waals surface area contributed by atoms with Crippen LogP contribution < -0.4 is 5.32 Å². The summed E-state index contributed by atoms with van der Waals surface area (Å²) in [5.74, 6) is -1.42. The molecular formula is C16H16BrNO3. The van der Waals surface area contributed by atoms with Gasteiger partial charge in [0.25, 0.3) is 5.91 Å². The standard InChI is InChI=1S/C16H16BrNO3/c1-3-16(2,15(20)21)18-14(19)12-5-4-11-9-13(17)7-6-10(11)8-12/h4-9H,3H2,1-2H3,(H,18,19)(H,20,21). The molecule has 0 heterocycles. The van der Waals surface area contributed by atoms with Gasteiger partial charge in [-0.15, -0.1) is 0 Å². The molecule has 0 aliphatic carbocycles. The average molecular weight is 350 g/mol. The maximum atomic E-state index is 12.3. The second-order valence-electron chi connectivity index (χ2n) is 5.15. The second kappa shape index (κ2) is 5.85. The van der Waals surface area contributed by atoms with E-state index in [-0.39, 0.29) is 5.91 Å². The van der Waals surface area contributed by atoms with E-state index in [1.807, 2.05) is 24.3 Å². The summed E-state index contributed by atoms with van der Waals surface area (Å²) in [4.78, 5) is 23.5. The lowest BCUT2D eigenvalue weighted by molar-refractivity contribution is -0.143. The predicted molar refractivity (Wildman–Crippen MR) is 85.4 cm³/mol. The number of benzene rings is 2. The van der Waals surface area contributed by atoms with Crippen LogP contribution in [0.3, 0.4) is 0 Å². The van der Waals surface area contributed by atoms with E-state index < -0.39 is 11.5 Å². The fourth-order valence-electron chi connectivity index (χ4n) is 1.97. The monoisotopic (exact) mass is 349 g/mol. The van der Waals surface area contributed by atoms with Crippen molar-refractivity contribution in [2.75, 3.05) is 0 Å². The Morgan fingerprint density at radius 2 is 1.81 bits per heavy atom. The molecule has 0 aromatic heterocycles. The van der Waals surface area contributed by atoms with Gasteiger partial charge in [0, 0.05) is 10.0 Å². The summed E-state index contributed by atoms with van der Waals surface area (Å²) in [6.45, 7) is 3.23. The highest BCUT2D eigenvalue weighted by molar-refractivity contribution is 9.10. The maximum Gasteiger partial charge on any atom is 0.329 e. The van der Waals surface area contributed by atoms with Crippen LogP contribution in [0.4, 0.5) is 0 Å². The highest BCUT2D eigenvalue weighted by Gasteiger charge is 2.32. The number of nitrogens with one attached hydrogen (secondary N) is 1. The summed E-state index contributed by atoms with van der Waals surface area (Å²) in [7, 11) is 0. The van der Waals surface area contributed by atoms with Crippen molar-refractivity contribution < 1.29 is 14.7 Å².